The highest BCUT2D eigenvalue weighted by molar-refractivity contribution is 7.80. The molecule has 1 N–H and O–H groups in total. The standard InChI is InChI=1S/C24H27N3O5S/c1-4-26-22(29)20(27(24(26)33)15-16-6-12-19(31-3)13-7-16)14-21(28)25-18-10-8-17(9-11-18)23(30)32-5-2/h6-13,20H,4-5,14-15H2,1-3H3,(H,25,28)/t20-/m0/s1. The third-order valence-corrected chi connectivity index (χ3v) is 5.75. The van der Waals surface area contributed by atoms with Gasteiger partial charge in [0.2, 0.25) is 5.91 Å². The Hall–Kier alpha value is -3.46. The van der Waals surface area contributed by atoms with Crippen LogP contribution in [0, 0.1) is 0 Å². The number of carbonyl (C=O) groups excluding carboxylic acids is 3. The van der Waals surface area contributed by atoms with Crippen LogP contribution in [-0.2, 0) is 20.9 Å². The van der Waals surface area contributed by atoms with Crippen LogP contribution in [0.3, 0.4) is 0 Å². The number of anilines is 1. The molecule has 8 nitrogen and oxygen atoms in total. The Balaban J connectivity index is 1.70. The highest BCUT2D eigenvalue weighted by atomic mass is 32.1. The van der Waals surface area contributed by atoms with Gasteiger partial charge >= 0.3 is 5.97 Å². The zero-order valence-corrected chi connectivity index (χ0v) is 19.7. The van der Waals surface area contributed by atoms with E-state index in [4.69, 9.17) is 21.7 Å². The Bertz CT molecular complexity index is 1020. The number of thiocarbonyl (C=S) groups is 1. The normalized spacial score (nSPS) is 15.5. The van der Waals surface area contributed by atoms with Crippen LogP contribution >= 0.6 is 12.2 Å². The number of ether oxygens (including phenoxy) is 2. The maximum absolute atomic E-state index is 13.0. The molecule has 3 rings (SSSR count). The van der Waals surface area contributed by atoms with E-state index in [1.165, 1.54) is 4.90 Å². The highest BCUT2D eigenvalue weighted by Gasteiger charge is 2.42. The van der Waals surface area contributed by atoms with Crippen molar-refractivity contribution >= 4 is 40.8 Å². The molecular weight excluding hydrogens is 442 g/mol. The van der Waals surface area contributed by atoms with Crippen molar-refractivity contribution in [3.63, 3.8) is 0 Å². The molecule has 174 valence electrons. The Kier molecular flexibility index (Phi) is 8.00. The number of amides is 2. The van der Waals surface area contributed by atoms with Crippen LogP contribution in [0.4, 0.5) is 5.69 Å². The maximum atomic E-state index is 13.0. The molecule has 0 saturated carbocycles. The van der Waals surface area contributed by atoms with Crippen molar-refractivity contribution < 1.29 is 23.9 Å². The fourth-order valence-electron chi connectivity index (χ4n) is 3.58. The van der Waals surface area contributed by atoms with E-state index >= 15 is 0 Å². The Morgan fingerprint density at radius 3 is 2.30 bits per heavy atom. The van der Waals surface area contributed by atoms with Gasteiger partial charge in [-0.15, -0.1) is 0 Å². The van der Waals surface area contributed by atoms with E-state index < -0.39 is 12.0 Å². The van der Waals surface area contributed by atoms with Crippen LogP contribution in [0.2, 0.25) is 0 Å². The summed E-state index contributed by atoms with van der Waals surface area (Å²) in [7, 11) is 1.60. The first kappa shape index (κ1) is 24.2. The molecule has 0 unspecified atom stereocenters. The van der Waals surface area contributed by atoms with Crippen molar-refractivity contribution in [3.8, 4) is 5.75 Å². The molecule has 9 heteroatoms. The topological polar surface area (TPSA) is 88.2 Å². The number of nitrogens with zero attached hydrogens (tertiary/aromatic N) is 2. The molecule has 2 aromatic carbocycles. The number of esters is 1. The summed E-state index contributed by atoms with van der Waals surface area (Å²) >= 11 is 5.54. The summed E-state index contributed by atoms with van der Waals surface area (Å²) in [5, 5.41) is 3.20. The van der Waals surface area contributed by atoms with Gasteiger partial charge in [-0.05, 0) is 68.0 Å². The summed E-state index contributed by atoms with van der Waals surface area (Å²) in [6, 6.07) is 13.2. The summed E-state index contributed by atoms with van der Waals surface area (Å²) in [4.78, 5) is 40.8. The van der Waals surface area contributed by atoms with Gasteiger partial charge in [0.15, 0.2) is 5.11 Å². The molecule has 0 spiro atoms. The molecule has 2 aromatic rings. The molecule has 1 aliphatic rings. The fraction of sp³-hybridized carbons (Fsp3) is 0.333. The molecule has 1 saturated heterocycles. The van der Waals surface area contributed by atoms with Gasteiger partial charge in [0.25, 0.3) is 5.91 Å². The van der Waals surface area contributed by atoms with Crippen molar-refractivity contribution in [2.24, 2.45) is 0 Å². The number of hydrogen-bond acceptors (Lipinski definition) is 6. The predicted molar refractivity (Wildman–Crippen MR) is 128 cm³/mol. The zero-order valence-electron chi connectivity index (χ0n) is 18.9. The van der Waals surface area contributed by atoms with E-state index in [1.54, 1.807) is 43.2 Å². The Labute approximate surface area is 198 Å². The smallest absolute Gasteiger partial charge is 0.338 e. The largest absolute Gasteiger partial charge is 0.497 e. The molecule has 2 amide bonds. The van der Waals surface area contributed by atoms with Crippen LogP contribution in [0.1, 0.15) is 36.2 Å². The summed E-state index contributed by atoms with van der Waals surface area (Å²) in [5.74, 6) is -0.199. The predicted octanol–water partition coefficient (Wildman–Crippen LogP) is 3.22. The zero-order chi connectivity index (χ0) is 24.0. The number of carbonyl (C=O) groups is 3. The van der Waals surface area contributed by atoms with Crippen LogP contribution in [0.15, 0.2) is 48.5 Å². The average molecular weight is 470 g/mol. The molecule has 1 heterocycles. The van der Waals surface area contributed by atoms with Crippen LogP contribution in [-0.4, -0.2) is 59.0 Å². The molecule has 1 atom stereocenters. The SMILES string of the molecule is CCOC(=O)c1ccc(NC(=O)C[C@H]2C(=O)N(CC)C(=S)N2Cc2ccc(OC)cc2)cc1. The summed E-state index contributed by atoms with van der Waals surface area (Å²) in [5.41, 5.74) is 1.87. The number of nitrogens with one attached hydrogen (secondary N) is 1. The molecule has 0 radical (unpaired) electrons. The number of likely N-dealkylation sites (N-methyl/N-ethyl adjacent to an activating group) is 1. The number of hydrogen-bond donors (Lipinski definition) is 1. The van der Waals surface area contributed by atoms with Crippen molar-refractivity contribution in [3.05, 3.63) is 59.7 Å². The summed E-state index contributed by atoms with van der Waals surface area (Å²) in [6.45, 7) is 4.71. The number of methoxy groups -OCH3 is 1. The van der Waals surface area contributed by atoms with Crippen molar-refractivity contribution in [2.45, 2.75) is 32.9 Å². The van der Waals surface area contributed by atoms with E-state index in [0.29, 0.717) is 29.5 Å². The molecule has 0 aliphatic carbocycles. The Morgan fingerprint density at radius 1 is 1.06 bits per heavy atom. The van der Waals surface area contributed by atoms with Gasteiger partial charge in [0.1, 0.15) is 11.8 Å². The third kappa shape index (κ3) is 5.67. The minimum absolute atomic E-state index is 0.0503. The van der Waals surface area contributed by atoms with Crippen molar-refractivity contribution in [2.75, 3.05) is 25.6 Å². The summed E-state index contributed by atoms with van der Waals surface area (Å²) in [6.07, 6.45) is -0.0503. The quantitative estimate of drug-likeness (QED) is 0.446. The van der Waals surface area contributed by atoms with Gasteiger partial charge in [0, 0.05) is 18.8 Å². The highest BCUT2D eigenvalue weighted by Crippen LogP contribution is 2.24. The Morgan fingerprint density at radius 2 is 1.73 bits per heavy atom. The van der Waals surface area contributed by atoms with Crippen LogP contribution < -0.4 is 10.1 Å². The second-order valence-corrected chi connectivity index (χ2v) is 7.77. The number of rotatable bonds is 9. The fourth-order valence-corrected chi connectivity index (χ4v) is 3.99. The van der Waals surface area contributed by atoms with E-state index in [2.05, 4.69) is 5.32 Å². The summed E-state index contributed by atoms with van der Waals surface area (Å²) < 4.78 is 10.2. The third-order valence-electron chi connectivity index (χ3n) is 5.29. The minimum atomic E-state index is -0.696. The second kappa shape index (κ2) is 10.9. The van der Waals surface area contributed by atoms with Crippen molar-refractivity contribution in [1.82, 2.24) is 9.80 Å². The number of benzene rings is 2. The molecule has 33 heavy (non-hydrogen) atoms. The van der Waals surface area contributed by atoms with Crippen molar-refractivity contribution in [1.29, 1.82) is 0 Å². The van der Waals surface area contributed by atoms with E-state index in [9.17, 15) is 14.4 Å². The van der Waals surface area contributed by atoms with Gasteiger partial charge in [-0.1, -0.05) is 12.1 Å². The second-order valence-electron chi connectivity index (χ2n) is 7.41. The lowest BCUT2D eigenvalue weighted by Crippen LogP contribution is -2.37. The monoisotopic (exact) mass is 469 g/mol. The molecule has 1 aliphatic heterocycles. The van der Waals surface area contributed by atoms with E-state index in [1.807, 2.05) is 31.2 Å². The first-order chi connectivity index (χ1) is 15.9. The van der Waals surface area contributed by atoms with Gasteiger partial charge in [-0.3, -0.25) is 14.5 Å². The molecule has 1 fully saturated rings. The van der Waals surface area contributed by atoms with Crippen LogP contribution in [0.25, 0.3) is 0 Å². The molecule has 0 aromatic heterocycles. The maximum Gasteiger partial charge on any atom is 0.338 e. The lowest BCUT2D eigenvalue weighted by atomic mass is 10.1. The lowest BCUT2D eigenvalue weighted by molar-refractivity contribution is -0.130. The molecular formula is C24H27N3O5S. The average Bonchev–Trinajstić information content (AvgIpc) is 3.03. The first-order valence-corrected chi connectivity index (χ1v) is 11.1. The van der Waals surface area contributed by atoms with E-state index in [-0.39, 0.29) is 24.8 Å². The lowest BCUT2D eigenvalue weighted by Gasteiger charge is -2.24. The van der Waals surface area contributed by atoms with Gasteiger partial charge in [0.05, 0.1) is 25.7 Å². The molecule has 0 bridgehead atoms. The van der Waals surface area contributed by atoms with E-state index in [0.717, 1.165) is 11.3 Å². The van der Waals surface area contributed by atoms with Crippen LogP contribution in [0.5, 0.6) is 5.75 Å². The van der Waals surface area contributed by atoms with Gasteiger partial charge in [-0.2, -0.15) is 0 Å². The van der Waals surface area contributed by atoms with Gasteiger partial charge < -0.3 is 19.7 Å². The van der Waals surface area contributed by atoms with Gasteiger partial charge in [-0.25, -0.2) is 4.79 Å². The first-order valence-electron chi connectivity index (χ1n) is 10.7. The minimum Gasteiger partial charge on any atom is -0.497 e.